The molecule has 3 heterocycles. The molecule has 1 fully saturated rings. The second-order valence-corrected chi connectivity index (χ2v) is 7.07. The van der Waals surface area contributed by atoms with Crippen LogP contribution in [0.5, 0.6) is 5.75 Å². The Morgan fingerprint density at radius 1 is 1.28 bits per heavy atom. The smallest absolute Gasteiger partial charge is 0.248 e. The molecule has 6 heteroatoms. The number of rotatable bonds is 5. The van der Waals surface area contributed by atoms with Gasteiger partial charge in [-0.15, -0.1) is 10.2 Å². The number of hydrogen-bond donors (Lipinski definition) is 0. The van der Waals surface area contributed by atoms with Crippen LogP contribution in [0.4, 0.5) is 0 Å². The van der Waals surface area contributed by atoms with Crippen LogP contribution in [0.3, 0.4) is 0 Å². The van der Waals surface area contributed by atoms with Crippen molar-refractivity contribution < 1.29 is 9.15 Å². The molecule has 25 heavy (non-hydrogen) atoms. The van der Waals surface area contributed by atoms with Gasteiger partial charge in [-0.3, -0.25) is 4.90 Å². The number of benzene rings is 1. The Morgan fingerprint density at radius 3 is 3.08 bits per heavy atom. The van der Waals surface area contributed by atoms with Gasteiger partial charge in [-0.2, -0.15) is 11.3 Å². The minimum Gasteiger partial charge on any atom is -0.497 e. The Kier molecular flexibility index (Phi) is 4.81. The first kappa shape index (κ1) is 16.3. The summed E-state index contributed by atoms with van der Waals surface area (Å²) in [6.07, 6.45) is 3.44. The molecule has 4 rings (SSSR count). The quantitative estimate of drug-likeness (QED) is 0.673. The Labute approximate surface area is 151 Å². The SMILES string of the molecule is COc1cccc(CN2CCCCC2c2nnc(-c3ccsc3)o2)c1. The summed E-state index contributed by atoms with van der Waals surface area (Å²) >= 11 is 1.64. The van der Waals surface area contributed by atoms with Gasteiger partial charge in [0.05, 0.1) is 13.2 Å². The van der Waals surface area contributed by atoms with Gasteiger partial charge in [-0.05, 0) is 48.5 Å². The van der Waals surface area contributed by atoms with E-state index in [1.165, 1.54) is 18.4 Å². The number of ether oxygens (including phenoxy) is 1. The molecule has 2 aromatic heterocycles. The topological polar surface area (TPSA) is 51.4 Å². The fraction of sp³-hybridized carbons (Fsp3) is 0.368. The molecule has 5 nitrogen and oxygen atoms in total. The van der Waals surface area contributed by atoms with Crippen LogP contribution in [0.15, 0.2) is 45.5 Å². The van der Waals surface area contributed by atoms with Gasteiger partial charge in [-0.25, -0.2) is 0 Å². The van der Waals surface area contributed by atoms with Crippen molar-refractivity contribution in [3.8, 4) is 17.2 Å². The minimum atomic E-state index is 0.180. The van der Waals surface area contributed by atoms with Crippen molar-refractivity contribution in [2.75, 3.05) is 13.7 Å². The molecule has 0 amide bonds. The molecule has 0 spiro atoms. The fourth-order valence-corrected chi connectivity index (χ4v) is 3.97. The Bertz CT molecular complexity index is 816. The van der Waals surface area contributed by atoms with E-state index >= 15 is 0 Å². The lowest BCUT2D eigenvalue weighted by Gasteiger charge is -2.33. The first-order valence-electron chi connectivity index (χ1n) is 8.56. The van der Waals surface area contributed by atoms with Gasteiger partial charge in [0.25, 0.3) is 0 Å². The van der Waals surface area contributed by atoms with Crippen LogP contribution in [-0.4, -0.2) is 28.8 Å². The number of hydrogen-bond acceptors (Lipinski definition) is 6. The van der Waals surface area contributed by atoms with Crippen molar-refractivity contribution in [2.45, 2.75) is 31.8 Å². The molecule has 0 saturated carbocycles. The monoisotopic (exact) mass is 355 g/mol. The Morgan fingerprint density at radius 2 is 2.24 bits per heavy atom. The third-order valence-electron chi connectivity index (χ3n) is 4.63. The van der Waals surface area contributed by atoms with Gasteiger partial charge in [-0.1, -0.05) is 18.6 Å². The van der Waals surface area contributed by atoms with Crippen molar-refractivity contribution in [3.63, 3.8) is 0 Å². The molecule has 0 N–H and O–H groups in total. The Hall–Kier alpha value is -2.18. The van der Waals surface area contributed by atoms with Crippen LogP contribution in [0.25, 0.3) is 11.5 Å². The van der Waals surface area contributed by atoms with Gasteiger partial charge in [0.1, 0.15) is 5.75 Å². The van der Waals surface area contributed by atoms with Crippen molar-refractivity contribution in [3.05, 3.63) is 52.5 Å². The van der Waals surface area contributed by atoms with Crippen molar-refractivity contribution >= 4 is 11.3 Å². The van der Waals surface area contributed by atoms with Crippen LogP contribution < -0.4 is 4.74 Å². The van der Waals surface area contributed by atoms with Gasteiger partial charge in [0.2, 0.25) is 11.8 Å². The van der Waals surface area contributed by atoms with E-state index in [1.807, 2.05) is 29.0 Å². The highest BCUT2D eigenvalue weighted by Gasteiger charge is 2.28. The van der Waals surface area contributed by atoms with Gasteiger partial charge in [0, 0.05) is 17.5 Å². The highest BCUT2D eigenvalue weighted by atomic mass is 32.1. The van der Waals surface area contributed by atoms with E-state index in [2.05, 4.69) is 27.2 Å². The predicted octanol–water partition coefficient (Wildman–Crippen LogP) is 4.53. The van der Waals surface area contributed by atoms with E-state index in [9.17, 15) is 0 Å². The maximum atomic E-state index is 6.00. The molecule has 1 aliphatic rings. The molecule has 1 atom stereocenters. The normalized spacial score (nSPS) is 18.4. The maximum Gasteiger partial charge on any atom is 0.248 e. The predicted molar refractivity (Wildman–Crippen MR) is 97.6 cm³/mol. The average molecular weight is 355 g/mol. The summed E-state index contributed by atoms with van der Waals surface area (Å²) in [7, 11) is 1.70. The summed E-state index contributed by atoms with van der Waals surface area (Å²) in [5.74, 6) is 2.23. The molecular weight excluding hydrogens is 334 g/mol. The Balaban J connectivity index is 1.54. The van der Waals surface area contributed by atoms with Crippen molar-refractivity contribution in [1.82, 2.24) is 15.1 Å². The summed E-state index contributed by atoms with van der Waals surface area (Å²) in [4.78, 5) is 2.43. The third kappa shape index (κ3) is 3.60. The van der Waals surface area contributed by atoms with E-state index in [1.54, 1.807) is 18.4 Å². The van der Waals surface area contributed by atoms with E-state index in [4.69, 9.17) is 9.15 Å². The van der Waals surface area contributed by atoms with Gasteiger partial charge < -0.3 is 9.15 Å². The highest BCUT2D eigenvalue weighted by molar-refractivity contribution is 7.08. The third-order valence-corrected chi connectivity index (χ3v) is 5.31. The molecular formula is C19H21N3O2S. The lowest BCUT2D eigenvalue weighted by atomic mass is 10.0. The number of nitrogens with zero attached hydrogens (tertiary/aromatic N) is 3. The molecule has 0 aliphatic carbocycles. The van der Waals surface area contributed by atoms with Crippen LogP contribution in [0, 0.1) is 0 Å². The summed E-state index contributed by atoms with van der Waals surface area (Å²) in [5, 5.41) is 12.6. The summed E-state index contributed by atoms with van der Waals surface area (Å²) in [6, 6.07) is 10.4. The molecule has 0 bridgehead atoms. The summed E-state index contributed by atoms with van der Waals surface area (Å²) in [5.41, 5.74) is 2.24. The fourth-order valence-electron chi connectivity index (χ4n) is 3.34. The number of methoxy groups -OCH3 is 1. The number of thiophene rings is 1. The first-order chi connectivity index (χ1) is 12.3. The first-order valence-corrected chi connectivity index (χ1v) is 9.51. The van der Waals surface area contributed by atoms with Gasteiger partial charge >= 0.3 is 0 Å². The zero-order chi connectivity index (χ0) is 17.1. The molecule has 0 radical (unpaired) electrons. The number of likely N-dealkylation sites (tertiary alicyclic amines) is 1. The summed E-state index contributed by atoms with van der Waals surface area (Å²) in [6.45, 7) is 1.90. The number of aromatic nitrogens is 2. The second kappa shape index (κ2) is 7.37. The van der Waals surface area contributed by atoms with Crippen LogP contribution in [-0.2, 0) is 6.54 Å². The van der Waals surface area contributed by atoms with E-state index in [0.29, 0.717) is 5.89 Å². The zero-order valence-corrected chi connectivity index (χ0v) is 15.0. The van der Waals surface area contributed by atoms with Gasteiger partial charge in [0.15, 0.2) is 0 Å². The van der Waals surface area contributed by atoms with Crippen molar-refractivity contribution in [2.24, 2.45) is 0 Å². The molecule has 1 saturated heterocycles. The maximum absolute atomic E-state index is 6.00. The standard InChI is InChI=1S/C19H21N3O2S/c1-23-16-6-4-5-14(11-16)12-22-9-3-2-7-17(22)19-21-20-18(24-19)15-8-10-25-13-15/h4-6,8,10-11,13,17H,2-3,7,9,12H2,1H3. The van der Waals surface area contributed by atoms with E-state index in [-0.39, 0.29) is 6.04 Å². The molecule has 1 unspecified atom stereocenters. The second-order valence-electron chi connectivity index (χ2n) is 6.29. The van der Waals surface area contributed by atoms with E-state index < -0.39 is 0 Å². The average Bonchev–Trinajstić information content (AvgIpc) is 3.34. The highest BCUT2D eigenvalue weighted by Crippen LogP contribution is 2.33. The largest absolute Gasteiger partial charge is 0.497 e. The molecule has 130 valence electrons. The zero-order valence-electron chi connectivity index (χ0n) is 14.2. The summed E-state index contributed by atoms with van der Waals surface area (Å²) < 4.78 is 11.3. The lowest BCUT2D eigenvalue weighted by Crippen LogP contribution is -2.33. The van der Waals surface area contributed by atoms with Crippen LogP contribution >= 0.6 is 11.3 Å². The van der Waals surface area contributed by atoms with Crippen LogP contribution in [0.2, 0.25) is 0 Å². The van der Waals surface area contributed by atoms with E-state index in [0.717, 1.165) is 36.7 Å². The lowest BCUT2D eigenvalue weighted by molar-refractivity contribution is 0.118. The van der Waals surface area contributed by atoms with Crippen LogP contribution in [0.1, 0.15) is 36.8 Å². The minimum absolute atomic E-state index is 0.180. The van der Waals surface area contributed by atoms with Crippen molar-refractivity contribution in [1.29, 1.82) is 0 Å². The molecule has 1 aliphatic heterocycles. The molecule has 3 aromatic rings. The number of piperidine rings is 1. The molecule has 1 aromatic carbocycles.